The van der Waals surface area contributed by atoms with E-state index in [0.29, 0.717) is 0 Å². The molecule has 0 saturated carbocycles. The third-order valence-electron chi connectivity index (χ3n) is 1.61. The molecule has 0 aromatic carbocycles. The predicted octanol–water partition coefficient (Wildman–Crippen LogP) is 2.01. The average molecular weight is 265 g/mol. The van der Waals surface area contributed by atoms with Gasteiger partial charge in [-0.05, 0) is 12.1 Å². The van der Waals surface area contributed by atoms with E-state index in [9.17, 15) is 13.6 Å². The van der Waals surface area contributed by atoms with E-state index in [2.05, 4.69) is 20.9 Å². The van der Waals surface area contributed by atoms with Gasteiger partial charge in [-0.1, -0.05) is 15.9 Å². The number of alkyl halides is 3. The Bertz CT molecular complexity index is 357. The predicted molar refractivity (Wildman–Crippen MR) is 50.3 cm³/mol. The van der Waals surface area contributed by atoms with Gasteiger partial charge in [0.1, 0.15) is 5.69 Å². The molecule has 0 bridgehead atoms. The smallest absolute Gasteiger partial charge is 0.280 e. The maximum Gasteiger partial charge on any atom is 0.280 e. The molecule has 0 radical (unpaired) electrons. The average Bonchev–Trinajstić information content (AvgIpc) is 2.16. The van der Waals surface area contributed by atoms with Crippen LogP contribution in [0, 0.1) is 0 Å². The van der Waals surface area contributed by atoms with Crippen LogP contribution >= 0.6 is 15.9 Å². The maximum atomic E-state index is 12.2. The highest BCUT2D eigenvalue weighted by Crippen LogP contribution is 2.19. The lowest BCUT2D eigenvalue weighted by Gasteiger charge is -2.05. The Morgan fingerprint density at radius 3 is 2.64 bits per heavy atom. The number of hydrogen-bond donors (Lipinski definition) is 1. The summed E-state index contributed by atoms with van der Waals surface area (Å²) in [4.78, 5) is 14.4. The van der Waals surface area contributed by atoms with Crippen LogP contribution in [0.4, 0.5) is 8.78 Å². The van der Waals surface area contributed by atoms with Crippen molar-refractivity contribution in [2.75, 3.05) is 0 Å². The quantitative estimate of drug-likeness (QED) is 0.850. The molecule has 0 aliphatic rings. The van der Waals surface area contributed by atoms with E-state index in [4.69, 9.17) is 5.73 Å². The number of aromatic nitrogens is 1. The molecule has 0 unspecified atom stereocenters. The van der Waals surface area contributed by atoms with Crippen LogP contribution < -0.4 is 5.73 Å². The largest absolute Gasteiger partial charge is 0.366 e. The Morgan fingerprint density at radius 2 is 2.21 bits per heavy atom. The summed E-state index contributed by atoms with van der Waals surface area (Å²) in [5.74, 6) is -0.673. The summed E-state index contributed by atoms with van der Waals surface area (Å²) in [6.07, 6.45) is -2.64. The van der Waals surface area contributed by atoms with E-state index in [-0.39, 0.29) is 22.3 Å². The second-order valence-electron chi connectivity index (χ2n) is 2.53. The van der Waals surface area contributed by atoms with Crippen LogP contribution in [-0.2, 0) is 5.33 Å². The molecule has 6 heteroatoms. The number of carbonyl (C=O) groups excluding carboxylic acids is 1. The fourth-order valence-electron chi connectivity index (χ4n) is 0.966. The van der Waals surface area contributed by atoms with Gasteiger partial charge in [0.05, 0.1) is 11.3 Å². The second kappa shape index (κ2) is 4.45. The van der Waals surface area contributed by atoms with Gasteiger partial charge in [-0.2, -0.15) is 0 Å². The number of carbonyl (C=O) groups is 1. The molecule has 1 amide bonds. The van der Waals surface area contributed by atoms with Gasteiger partial charge >= 0.3 is 0 Å². The van der Waals surface area contributed by atoms with Gasteiger partial charge in [0.2, 0.25) is 0 Å². The Kier molecular flexibility index (Phi) is 3.51. The molecule has 0 saturated heterocycles. The number of hydrogen-bond acceptors (Lipinski definition) is 2. The number of halogens is 3. The zero-order chi connectivity index (χ0) is 10.7. The molecule has 1 rings (SSSR count). The zero-order valence-corrected chi connectivity index (χ0v) is 8.59. The molecule has 0 atom stereocenters. The Labute approximate surface area is 87.4 Å². The number of nitrogens with two attached hydrogens (primary N) is 1. The van der Waals surface area contributed by atoms with Crippen LogP contribution in [0.1, 0.15) is 28.2 Å². The summed E-state index contributed by atoms with van der Waals surface area (Å²) in [5.41, 5.74) is 5.06. The van der Waals surface area contributed by atoms with E-state index in [0.717, 1.165) is 6.07 Å². The highest BCUT2D eigenvalue weighted by atomic mass is 79.9. The lowest BCUT2D eigenvalue weighted by atomic mass is 10.2. The molecule has 3 nitrogen and oxygen atoms in total. The molecular weight excluding hydrogens is 258 g/mol. The number of amides is 1. The first-order valence-corrected chi connectivity index (χ1v) is 4.82. The van der Waals surface area contributed by atoms with Crippen LogP contribution in [0.25, 0.3) is 0 Å². The van der Waals surface area contributed by atoms with Gasteiger partial charge in [0, 0.05) is 5.33 Å². The Morgan fingerprint density at radius 1 is 1.57 bits per heavy atom. The summed E-state index contributed by atoms with van der Waals surface area (Å²) in [7, 11) is 0. The molecule has 0 fully saturated rings. The molecule has 0 spiro atoms. The zero-order valence-electron chi connectivity index (χ0n) is 7.01. The highest BCUT2D eigenvalue weighted by molar-refractivity contribution is 9.08. The number of nitrogens with zero attached hydrogens (tertiary/aromatic N) is 1. The SMILES string of the molecule is NC(=O)c1ccc(C(F)F)nc1CBr. The molecule has 1 aromatic rings. The molecular formula is C8H7BrF2N2O. The van der Waals surface area contributed by atoms with Crippen molar-refractivity contribution in [3.05, 3.63) is 29.1 Å². The molecule has 0 aliphatic heterocycles. The van der Waals surface area contributed by atoms with Crippen molar-refractivity contribution in [1.82, 2.24) is 4.98 Å². The van der Waals surface area contributed by atoms with Crippen molar-refractivity contribution in [3.8, 4) is 0 Å². The number of rotatable bonds is 3. The van der Waals surface area contributed by atoms with Gasteiger partial charge < -0.3 is 5.73 Å². The van der Waals surface area contributed by atoms with Crippen molar-refractivity contribution in [2.24, 2.45) is 5.73 Å². The minimum absolute atomic E-state index is 0.159. The summed E-state index contributed by atoms with van der Waals surface area (Å²) >= 11 is 3.04. The number of primary amides is 1. The van der Waals surface area contributed by atoms with Crippen LogP contribution in [0.5, 0.6) is 0 Å². The third-order valence-corrected chi connectivity index (χ3v) is 2.14. The fourth-order valence-corrected chi connectivity index (χ4v) is 1.39. The van der Waals surface area contributed by atoms with Crippen molar-refractivity contribution in [2.45, 2.75) is 11.8 Å². The first-order valence-electron chi connectivity index (χ1n) is 3.70. The standard InChI is InChI=1S/C8H7BrF2N2O/c9-3-6-4(8(12)14)1-2-5(13-6)7(10)11/h1-2,7H,3H2,(H2,12,14). The van der Waals surface area contributed by atoms with Gasteiger partial charge in [0.25, 0.3) is 12.3 Å². The first-order chi connectivity index (χ1) is 6.56. The number of pyridine rings is 1. The van der Waals surface area contributed by atoms with Gasteiger partial charge in [0.15, 0.2) is 0 Å². The van der Waals surface area contributed by atoms with Crippen LogP contribution in [0.2, 0.25) is 0 Å². The molecule has 1 heterocycles. The Hall–Kier alpha value is -1.04. The van der Waals surface area contributed by atoms with E-state index in [1.807, 2.05) is 0 Å². The fraction of sp³-hybridized carbons (Fsp3) is 0.250. The summed E-state index contributed by atoms with van der Waals surface area (Å²) in [5, 5.41) is 0.214. The molecule has 2 N–H and O–H groups in total. The monoisotopic (exact) mass is 264 g/mol. The lowest BCUT2D eigenvalue weighted by molar-refractivity contribution is 0.0998. The van der Waals surface area contributed by atoms with Gasteiger partial charge in [-0.25, -0.2) is 8.78 Å². The van der Waals surface area contributed by atoms with Gasteiger partial charge in [-0.15, -0.1) is 0 Å². The minimum atomic E-state index is -2.64. The van der Waals surface area contributed by atoms with E-state index >= 15 is 0 Å². The molecule has 76 valence electrons. The van der Waals surface area contributed by atoms with E-state index in [1.165, 1.54) is 6.07 Å². The normalized spacial score (nSPS) is 10.6. The van der Waals surface area contributed by atoms with Crippen molar-refractivity contribution < 1.29 is 13.6 Å². The highest BCUT2D eigenvalue weighted by Gasteiger charge is 2.14. The van der Waals surface area contributed by atoms with Crippen molar-refractivity contribution in [1.29, 1.82) is 0 Å². The Balaban J connectivity index is 3.18. The van der Waals surface area contributed by atoms with Crippen LogP contribution in [0.15, 0.2) is 12.1 Å². The van der Waals surface area contributed by atoms with Crippen molar-refractivity contribution >= 4 is 21.8 Å². The molecule has 0 aliphatic carbocycles. The van der Waals surface area contributed by atoms with Crippen LogP contribution in [0.3, 0.4) is 0 Å². The van der Waals surface area contributed by atoms with Crippen molar-refractivity contribution in [3.63, 3.8) is 0 Å². The lowest BCUT2D eigenvalue weighted by Crippen LogP contribution is -2.15. The maximum absolute atomic E-state index is 12.2. The summed E-state index contributed by atoms with van der Waals surface area (Å²) < 4.78 is 24.4. The van der Waals surface area contributed by atoms with E-state index < -0.39 is 12.3 Å². The topological polar surface area (TPSA) is 56.0 Å². The first kappa shape index (κ1) is 11.0. The van der Waals surface area contributed by atoms with Crippen LogP contribution in [-0.4, -0.2) is 10.9 Å². The molecule has 14 heavy (non-hydrogen) atoms. The second-order valence-corrected chi connectivity index (χ2v) is 3.09. The third kappa shape index (κ3) is 2.25. The van der Waals surface area contributed by atoms with E-state index in [1.54, 1.807) is 0 Å². The minimum Gasteiger partial charge on any atom is -0.366 e. The summed E-state index contributed by atoms with van der Waals surface area (Å²) in [6.45, 7) is 0. The summed E-state index contributed by atoms with van der Waals surface area (Å²) in [6, 6.07) is 2.35. The van der Waals surface area contributed by atoms with Gasteiger partial charge in [-0.3, -0.25) is 9.78 Å². The molecule has 1 aromatic heterocycles.